The van der Waals surface area contributed by atoms with Gasteiger partial charge in [-0.25, -0.2) is 0 Å². The Morgan fingerprint density at radius 1 is 0.357 bits per heavy atom. The second-order valence-electron chi connectivity index (χ2n) is 10.5. The molecule has 0 bridgehead atoms. The monoisotopic (exact) mass is 533 g/mol. The predicted molar refractivity (Wildman–Crippen MR) is 180 cm³/mol. The van der Waals surface area contributed by atoms with Gasteiger partial charge >= 0.3 is 0 Å². The summed E-state index contributed by atoms with van der Waals surface area (Å²) in [5.74, 6) is 0. The number of hydrogen-bond acceptors (Lipinski definition) is 1. The van der Waals surface area contributed by atoms with Gasteiger partial charge in [0, 0.05) is 16.9 Å². The van der Waals surface area contributed by atoms with Gasteiger partial charge in [-0.3, -0.25) is 0 Å². The van der Waals surface area contributed by atoms with E-state index in [9.17, 15) is 0 Å². The van der Waals surface area contributed by atoms with E-state index >= 15 is 0 Å². The van der Waals surface area contributed by atoms with Crippen molar-refractivity contribution in [3.8, 4) is 33.4 Å². The number of para-hydroxylation sites is 1. The van der Waals surface area contributed by atoms with E-state index in [4.69, 9.17) is 7.85 Å². The Labute approximate surface area is 248 Å². The smallest absolute Gasteiger partial charge is 0.113 e. The molecule has 0 heterocycles. The molecule has 0 amide bonds. The summed E-state index contributed by atoms with van der Waals surface area (Å²) in [6, 6.07) is 60.1. The van der Waals surface area contributed by atoms with E-state index in [1.807, 2.05) is 12.1 Å². The number of fused-ring (bicyclic) bond motifs is 1. The van der Waals surface area contributed by atoms with Crippen LogP contribution in [0.4, 0.5) is 17.1 Å². The third-order valence-electron chi connectivity index (χ3n) is 7.79. The van der Waals surface area contributed by atoms with E-state index in [1.54, 1.807) is 0 Å². The van der Waals surface area contributed by atoms with Gasteiger partial charge in [-0.1, -0.05) is 139 Å². The van der Waals surface area contributed by atoms with E-state index in [1.165, 1.54) is 33.0 Å². The van der Waals surface area contributed by atoms with Crippen LogP contribution in [0.5, 0.6) is 0 Å². The summed E-state index contributed by atoms with van der Waals surface area (Å²) in [6.45, 7) is 0. The maximum atomic E-state index is 5.93. The fourth-order valence-electron chi connectivity index (χ4n) is 5.62. The molecule has 0 saturated carbocycles. The molecule has 0 aliphatic carbocycles. The van der Waals surface area contributed by atoms with Gasteiger partial charge in [-0.15, -0.1) is 0 Å². The Morgan fingerprint density at radius 3 is 1.57 bits per heavy atom. The lowest BCUT2D eigenvalue weighted by Crippen LogP contribution is -2.11. The topological polar surface area (TPSA) is 3.24 Å². The Hall–Kier alpha value is -5.34. The van der Waals surface area contributed by atoms with Crippen LogP contribution in [-0.2, 0) is 0 Å². The molecule has 196 valence electrons. The molecule has 0 N–H and O–H groups in total. The minimum absolute atomic E-state index is 0.770. The Bertz CT molecular complexity index is 1960. The van der Waals surface area contributed by atoms with Gasteiger partial charge in [-0.05, 0) is 75.0 Å². The van der Waals surface area contributed by atoms with Crippen molar-refractivity contribution < 1.29 is 0 Å². The number of benzene rings is 7. The molecular formula is C40H28BN. The molecule has 0 atom stereocenters. The molecular weight excluding hydrogens is 505 g/mol. The molecule has 1 nitrogen and oxygen atoms in total. The van der Waals surface area contributed by atoms with Crippen LogP contribution < -0.4 is 10.4 Å². The van der Waals surface area contributed by atoms with Crippen LogP contribution in [0, 0.1) is 0 Å². The largest absolute Gasteiger partial charge is 0.310 e. The highest BCUT2D eigenvalue weighted by Gasteiger charge is 2.17. The second-order valence-corrected chi connectivity index (χ2v) is 10.5. The van der Waals surface area contributed by atoms with E-state index < -0.39 is 0 Å². The lowest BCUT2D eigenvalue weighted by atomic mass is 9.93. The molecule has 0 fully saturated rings. The van der Waals surface area contributed by atoms with Crippen molar-refractivity contribution in [3.63, 3.8) is 0 Å². The summed E-state index contributed by atoms with van der Waals surface area (Å²) in [7, 11) is 5.93. The molecule has 7 aromatic carbocycles. The van der Waals surface area contributed by atoms with Gasteiger partial charge in [0.15, 0.2) is 0 Å². The third kappa shape index (κ3) is 5.11. The lowest BCUT2D eigenvalue weighted by Gasteiger charge is -2.28. The van der Waals surface area contributed by atoms with Crippen molar-refractivity contribution in [1.82, 2.24) is 0 Å². The van der Waals surface area contributed by atoms with Crippen LogP contribution in [-0.4, -0.2) is 7.85 Å². The number of anilines is 3. The van der Waals surface area contributed by atoms with Crippen LogP contribution in [0.25, 0.3) is 44.2 Å². The van der Waals surface area contributed by atoms with Crippen molar-refractivity contribution in [3.05, 3.63) is 170 Å². The minimum Gasteiger partial charge on any atom is -0.310 e. The van der Waals surface area contributed by atoms with Gasteiger partial charge in [-0.2, -0.15) is 0 Å². The molecule has 0 aliphatic heterocycles. The van der Waals surface area contributed by atoms with Crippen LogP contribution in [0.2, 0.25) is 0 Å². The fraction of sp³-hybridized carbons (Fsp3) is 0. The summed E-state index contributed by atoms with van der Waals surface area (Å²) in [4.78, 5) is 2.36. The van der Waals surface area contributed by atoms with Crippen molar-refractivity contribution in [2.45, 2.75) is 0 Å². The summed E-state index contributed by atoms with van der Waals surface area (Å²) in [6.07, 6.45) is 0. The summed E-state index contributed by atoms with van der Waals surface area (Å²) < 4.78 is 0. The zero-order valence-electron chi connectivity index (χ0n) is 23.2. The minimum atomic E-state index is 0.770. The van der Waals surface area contributed by atoms with E-state index in [2.05, 4.69) is 163 Å². The highest BCUT2D eigenvalue weighted by molar-refractivity contribution is 6.32. The van der Waals surface area contributed by atoms with Crippen molar-refractivity contribution in [1.29, 1.82) is 0 Å². The highest BCUT2D eigenvalue weighted by Crippen LogP contribution is 2.42. The zero-order chi connectivity index (χ0) is 28.3. The fourth-order valence-corrected chi connectivity index (χ4v) is 5.62. The predicted octanol–water partition coefficient (Wildman–Crippen LogP) is 10.1. The van der Waals surface area contributed by atoms with Gasteiger partial charge in [0.2, 0.25) is 0 Å². The van der Waals surface area contributed by atoms with Crippen LogP contribution in [0.3, 0.4) is 0 Å². The van der Waals surface area contributed by atoms with Crippen LogP contribution in [0.15, 0.2) is 170 Å². The first-order chi connectivity index (χ1) is 20.7. The molecule has 0 aromatic heterocycles. The van der Waals surface area contributed by atoms with Gasteiger partial charge in [0.1, 0.15) is 7.85 Å². The maximum Gasteiger partial charge on any atom is 0.113 e. The molecule has 7 aromatic rings. The Kier molecular flexibility index (Phi) is 6.88. The average molecular weight is 533 g/mol. The Balaban J connectivity index is 1.36. The van der Waals surface area contributed by atoms with Crippen LogP contribution in [0.1, 0.15) is 0 Å². The molecule has 0 aliphatic rings. The third-order valence-corrected chi connectivity index (χ3v) is 7.79. The molecule has 0 unspecified atom stereocenters. The van der Waals surface area contributed by atoms with Crippen LogP contribution >= 0.6 is 0 Å². The summed E-state index contributed by atoms with van der Waals surface area (Å²) in [5.41, 5.74) is 11.2. The molecule has 0 saturated heterocycles. The number of rotatable bonds is 6. The van der Waals surface area contributed by atoms with Gasteiger partial charge < -0.3 is 4.90 Å². The highest BCUT2D eigenvalue weighted by atomic mass is 15.1. The zero-order valence-corrected chi connectivity index (χ0v) is 23.2. The van der Waals surface area contributed by atoms with Crippen molar-refractivity contribution in [2.24, 2.45) is 0 Å². The quantitative estimate of drug-likeness (QED) is 0.192. The maximum absolute atomic E-state index is 5.93. The average Bonchev–Trinajstić information content (AvgIpc) is 3.06. The molecule has 2 heteroatoms. The second kappa shape index (κ2) is 11.3. The Morgan fingerprint density at radius 2 is 0.857 bits per heavy atom. The normalized spacial score (nSPS) is 11.0. The molecule has 42 heavy (non-hydrogen) atoms. The molecule has 7 rings (SSSR count). The van der Waals surface area contributed by atoms with Gasteiger partial charge in [0.05, 0.1) is 5.69 Å². The van der Waals surface area contributed by atoms with E-state index in [0.717, 1.165) is 33.7 Å². The molecule has 2 radical (unpaired) electrons. The van der Waals surface area contributed by atoms with Crippen molar-refractivity contribution in [2.75, 3.05) is 4.90 Å². The van der Waals surface area contributed by atoms with Gasteiger partial charge in [0.25, 0.3) is 0 Å². The van der Waals surface area contributed by atoms with Crippen molar-refractivity contribution >= 4 is 41.1 Å². The number of nitrogens with zero attached hydrogens (tertiary/aromatic N) is 1. The standard InChI is InChI=1S/C40H28BN/c41-36-22-17-30(18-23-36)31-19-24-37(25-20-31)42(40-14-8-7-13-39(40)32-11-5-2-6-12-32)38-26-21-34-27-33(15-16-35(34)28-38)29-9-3-1-4-10-29/h1-28H. The summed E-state index contributed by atoms with van der Waals surface area (Å²) in [5, 5.41) is 2.42. The first-order valence-corrected chi connectivity index (χ1v) is 14.2. The number of hydrogen-bond donors (Lipinski definition) is 0. The van der Waals surface area contributed by atoms with E-state index in [-0.39, 0.29) is 0 Å². The molecule has 0 spiro atoms. The lowest BCUT2D eigenvalue weighted by molar-refractivity contribution is 1.29. The first kappa shape index (κ1) is 25.6. The van der Waals surface area contributed by atoms with E-state index in [0.29, 0.717) is 0 Å². The SMILES string of the molecule is [B]c1ccc(-c2ccc(N(c3ccc4cc(-c5ccccc5)ccc4c3)c3ccccc3-c3ccccc3)cc2)cc1. The first-order valence-electron chi connectivity index (χ1n) is 14.2. The summed E-state index contributed by atoms with van der Waals surface area (Å²) >= 11 is 0.